The number of aryl methyl sites for hydroxylation is 2. The van der Waals surface area contributed by atoms with Gasteiger partial charge in [0.05, 0.1) is 0 Å². The third-order valence-electron chi connectivity index (χ3n) is 3.82. The molecule has 0 aliphatic heterocycles. The van der Waals surface area contributed by atoms with Crippen molar-refractivity contribution in [1.82, 2.24) is 10.2 Å². The van der Waals surface area contributed by atoms with E-state index in [0.29, 0.717) is 18.4 Å². The summed E-state index contributed by atoms with van der Waals surface area (Å²) in [5.41, 5.74) is 3.37. The smallest absolute Gasteiger partial charge is 0.257 e. The van der Waals surface area contributed by atoms with Crippen LogP contribution in [0.3, 0.4) is 0 Å². The summed E-state index contributed by atoms with van der Waals surface area (Å²) in [5.74, 6) is -0.164. The highest BCUT2D eigenvalue weighted by molar-refractivity contribution is 7.80. The number of carbonyl (C=O) groups is 2. The highest BCUT2D eigenvalue weighted by Gasteiger charge is 2.09. The summed E-state index contributed by atoms with van der Waals surface area (Å²) in [6.45, 7) is 1.93. The van der Waals surface area contributed by atoms with Gasteiger partial charge in [0.25, 0.3) is 5.91 Å². The zero-order valence-electron chi connectivity index (χ0n) is 15.2. The van der Waals surface area contributed by atoms with Gasteiger partial charge in [-0.25, -0.2) is 0 Å². The molecule has 0 unspecified atom stereocenters. The average Bonchev–Trinajstić information content (AvgIpc) is 2.59. The van der Waals surface area contributed by atoms with Crippen LogP contribution in [0, 0.1) is 6.92 Å². The van der Waals surface area contributed by atoms with Crippen molar-refractivity contribution < 1.29 is 9.59 Å². The molecule has 0 saturated heterocycles. The summed E-state index contributed by atoms with van der Waals surface area (Å²) >= 11 is 5.22. The highest BCUT2D eigenvalue weighted by atomic mass is 32.1. The van der Waals surface area contributed by atoms with E-state index in [4.69, 9.17) is 12.2 Å². The molecule has 0 fully saturated rings. The summed E-state index contributed by atoms with van der Waals surface area (Å²) in [6.07, 6.45) is 1.10. The summed E-state index contributed by atoms with van der Waals surface area (Å²) < 4.78 is 0. The quantitative estimate of drug-likeness (QED) is 0.795. The predicted octanol–water partition coefficient (Wildman–Crippen LogP) is 3.14. The minimum Gasteiger partial charge on any atom is -0.349 e. The van der Waals surface area contributed by atoms with Crippen LogP contribution in [0.5, 0.6) is 0 Å². The molecule has 136 valence electrons. The van der Waals surface area contributed by atoms with Crippen molar-refractivity contribution in [2.24, 2.45) is 0 Å². The Morgan fingerprint density at radius 1 is 1.08 bits per heavy atom. The van der Waals surface area contributed by atoms with Gasteiger partial charge in [0, 0.05) is 31.8 Å². The lowest BCUT2D eigenvalue weighted by molar-refractivity contribution is -0.128. The van der Waals surface area contributed by atoms with Crippen LogP contribution in [0.1, 0.15) is 27.9 Å². The molecule has 0 heterocycles. The molecule has 0 saturated carbocycles. The van der Waals surface area contributed by atoms with Crippen LogP contribution in [0.4, 0.5) is 5.69 Å². The first kappa shape index (κ1) is 19.6. The minimum absolute atomic E-state index is 0.0873. The van der Waals surface area contributed by atoms with Crippen molar-refractivity contribution >= 4 is 34.8 Å². The summed E-state index contributed by atoms with van der Waals surface area (Å²) in [5, 5.41) is 5.92. The topological polar surface area (TPSA) is 61.4 Å². The van der Waals surface area contributed by atoms with Gasteiger partial charge in [0.15, 0.2) is 5.11 Å². The fourth-order valence-electron chi connectivity index (χ4n) is 2.40. The zero-order chi connectivity index (χ0) is 19.1. The van der Waals surface area contributed by atoms with Crippen LogP contribution in [0.15, 0.2) is 48.5 Å². The number of thiocarbonyl (C=S) groups is 1. The van der Waals surface area contributed by atoms with E-state index in [0.717, 1.165) is 16.8 Å². The Bertz CT molecular complexity index is 818. The first-order valence-corrected chi connectivity index (χ1v) is 8.74. The van der Waals surface area contributed by atoms with Crippen molar-refractivity contribution in [3.8, 4) is 0 Å². The molecular weight excluding hydrogens is 346 g/mol. The number of rotatable bonds is 5. The molecule has 2 aromatic rings. The van der Waals surface area contributed by atoms with E-state index in [9.17, 15) is 9.59 Å². The number of carbonyl (C=O) groups excluding carboxylic acids is 2. The van der Waals surface area contributed by atoms with Crippen LogP contribution in [-0.4, -0.2) is 35.9 Å². The van der Waals surface area contributed by atoms with Gasteiger partial charge in [-0.1, -0.05) is 29.8 Å². The average molecular weight is 369 g/mol. The molecule has 0 radical (unpaired) electrons. The SMILES string of the molecule is Cc1cccc(C(=O)NC(=S)Nc2cccc(CCC(=O)N(C)C)c2)c1. The molecule has 2 amide bonds. The number of nitrogens with zero attached hydrogens (tertiary/aromatic N) is 1. The van der Waals surface area contributed by atoms with Gasteiger partial charge in [0.2, 0.25) is 5.91 Å². The second-order valence-electron chi connectivity index (χ2n) is 6.27. The first-order chi connectivity index (χ1) is 12.3. The number of hydrogen-bond donors (Lipinski definition) is 2. The van der Waals surface area contributed by atoms with Gasteiger partial charge in [0.1, 0.15) is 0 Å². The van der Waals surface area contributed by atoms with E-state index in [2.05, 4.69) is 10.6 Å². The number of hydrogen-bond acceptors (Lipinski definition) is 3. The summed E-state index contributed by atoms with van der Waals surface area (Å²) in [6, 6.07) is 15.0. The maximum Gasteiger partial charge on any atom is 0.257 e. The normalized spacial score (nSPS) is 10.1. The molecule has 2 aromatic carbocycles. The molecule has 0 atom stereocenters. The molecule has 26 heavy (non-hydrogen) atoms. The third-order valence-corrected chi connectivity index (χ3v) is 4.02. The molecular formula is C20H23N3O2S. The molecule has 0 aliphatic carbocycles. The highest BCUT2D eigenvalue weighted by Crippen LogP contribution is 2.13. The van der Waals surface area contributed by atoms with Crippen LogP contribution < -0.4 is 10.6 Å². The van der Waals surface area contributed by atoms with E-state index < -0.39 is 0 Å². The fraction of sp³-hybridized carbons (Fsp3) is 0.250. The van der Waals surface area contributed by atoms with Crippen LogP contribution in [0.2, 0.25) is 0 Å². The Morgan fingerprint density at radius 2 is 1.81 bits per heavy atom. The number of nitrogens with one attached hydrogen (secondary N) is 2. The Hall–Kier alpha value is -2.73. The number of benzene rings is 2. The van der Waals surface area contributed by atoms with E-state index in [-0.39, 0.29) is 16.9 Å². The van der Waals surface area contributed by atoms with Crippen molar-refractivity contribution in [3.63, 3.8) is 0 Å². The predicted molar refractivity (Wildman–Crippen MR) is 108 cm³/mol. The molecule has 2 N–H and O–H groups in total. The fourth-order valence-corrected chi connectivity index (χ4v) is 2.61. The van der Waals surface area contributed by atoms with E-state index >= 15 is 0 Å². The molecule has 2 rings (SSSR count). The Morgan fingerprint density at radius 3 is 2.50 bits per heavy atom. The molecule has 0 spiro atoms. The second kappa shape index (κ2) is 9.10. The maximum atomic E-state index is 12.2. The molecule has 0 aromatic heterocycles. The largest absolute Gasteiger partial charge is 0.349 e. The molecule has 5 nitrogen and oxygen atoms in total. The number of anilines is 1. The van der Waals surface area contributed by atoms with Crippen LogP contribution in [-0.2, 0) is 11.2 Å². The van der Waals surface area contributed by atoms with Crippen LogP contribution in [0.25, 0.3) is 0 Å². The van der Waals surface area contributed by atoms with Gasteiger partial charge in [-0.3, -0.25) is 14.9 Å². The molecule has 0 bridgehead atoms. The van der Waals surface area contributed by atoms with E-state index in [1.54, 1.807) is 31.1 Å². The Kier molecular flexibility index (Phi) is 6.86. The maximum absolute atomic E-state index is 12.2. The van der Waals surface area contributed by atoms with Gasteiger partial charge in [-0.05, 0) is 55.4 Å². The van der Waals surface area contributed by atoms with Crippen molar-refractivity contribution in [2.75, 3.05) is 19.4 Å². The lowest BCUT2D eigenvalue weighted by Crippen LogP contribution is -2.34. The van der Waals surface area contributed by atoms with Gasteiger partial charge >= 0.3 is 0 Å². The van der Waals surface area contributed by atoms with Gasteiger partial charge < -0.3 is 10.2 Å². The van der Waals surface area contributed by atoms with E-state index in [1.807, 2.05) is 43.3 Å². The van der Waals surface area contributed by atoms with Crippen molar-refractivity contribution in [3.05, 3.63) is 65.2 Å². The van der Waals surface area contributed by atoms with Crippen molar-refractivity contribution in [1.29, 1.82) is 0 Å². The molecule has 0 aliphatic rings. The lowest BCUT2D eigenvalue weighted by Gasteiger charge is -2.12. The number of amides is 2. The van der Waals surface area contributed by atoms with Gasteiger partial charge in [-0.2, -0.15) is 0 Å². The van der Waals surface area contributed by atoms with E-state index in [1.165, 1.54) is 0 Å². The molecule has 6 heteroatoms. The third kappa shape index (κ3) is 5.97. The zero-order valence-corrected chi connectivity index (χ0v) is 16.0. The minimum atomic E-state index is -0.251. The van der Waals surface area contributed by atoms with Gasteiger partial charge in [-0.15, -0.1) is 0 Å². The first-order valence-electron chi connectivity index (χ1n) is 8.33. The Balaban J connectivity index is 1.93. The summed E-state index contributed by atoms with van der Waals surface area (Å²) in [4.78, 5) is 25.5. The standard InChI is InChI=1S/C20H23N3O2S/c1-14-6-4-8-16(12-14)19(25)22-20(26)21-17-9-5-7-15(13-17)10-11-18(24)23(2)3/h4-9,12-13H,10-11H2,1-3H3,(H2,21,22,25,26). The summed E-state index contributed by atoms with van der Waals surface area (Å²) in [7, 11) is 3.49. The lowest BCUT2D eigenvalue weighted by atomic mass is 10.1. The van der Waals surface area contributed by atoms with Crippen molar-refractivity contribution in [2.45, 2.75) is 19.8 Å². The second-order valence-corrected chi connectivity index (χ2v) is 6.67. The Labute approximate surface area is 159 Å². The van der Waals surface area contributed by atoms with Crippen LogP contribution >= 0.6 is 12.2 Å². The monoisotopic (exact) mass is 369 g/mol.